The molecule has 1 fully saturated rings. The quantitative estimate of drug-likeness (QED) is 0.681. The molecule has 0 aromatic carbocycles. The van der Waals surface area contributed by atoms with E-state index < -0.39 is 6.04 Å². The van der Waals surface area contributed by atoms with Gasteiger partial charge in [0.15, 0.2) is 0 Å². The highest BCUT2D eigenvalue weighted by molar-refractivity contribution is 5.88. The van der Waals surface area contributed by atoms with E-state index in [1.807, 2.05) is 13.8 Å². The van der Waals surface area contributed by atoms with Crippen molar-refractivity contribution in [3.8, 4) is 0 Å². The first-order chi connectivity index (χ1) is 6.56. The molecule has 0 aliphatic carbocycles. The van der Waals surface area contributed by atoms with Crippen molar-refractivity contribution in [2.45, 2.75) is 33.2 Å². The molecule has 1 saturated heterocycles. The Hall–Kier alpha value is -1.06. The van der Waals surface area contributed by atoms with Crippen LogP contribution in [0.3, 0.4) is 0 Å². The third kappa shape index (κ3) is 2.25. The zero-order chi connectivity index (χ0) is 10.7. The van der Waals surface area contributed by atoms with E-state index in [1.54, 1.807) is 6.92 Å². The van der Waals surface area contributed by atoms with Crippen molar-refractivity contribution in [2.24, 2.45) is 11.8 Å². The largest absolute Gasteiger partial charge is 0.464 e. The van der Waals surface area contributed by atoms with Crippen molar-refractivity contribution in [3.63, 3.8) is 0 Å². The lowest BCUT2D eigenvalue weighted by atomic mass is 9.89. The summed E-state index contributed by atoms with van der Waals surface area (Å²) >= 11 is 0. The number of hydrogen-bond donors (Lipinski definition) is 1. The predicted molar refractivity (Wildman–Crippen MR) is 51.5 cm³/mol. The van der Waals surface area contributed by atoms with Crippen LogP contribution in [0.4, 0.5) is 0 Å². The number of amides is 1. The van der Waals surface area contributed by atoms with Crippen LogP contribution in [0, 0.1) is 11.8 Å². The van der Waals surface area contributed by atoms with Crippen LogP contribution in [0.2, 0.25) is 0 Å². The molecular formula is C10H17NO3. The third-order valence-corrected chi connectivity index (χ3v) is 2.56. The van der Waals surface area contributed by atoms with Gasteiger partial charge in [-0.1, -0.05) is 13.8 Å². The Morgan fingerprint density at radius 1 is 1.64 bits per heavy atom. The molecule has 1 amide bonds. The minimum Gasteiger partial charge on any atom is -0.464 e. The van der Waals surface area contributed by atoms with Crippen LogP contribution in [0.25, 0.3) is 0 Å². The summed E-state index contributed by atoms with van der Waals surface area (Å²) in [7, 11) is 0. The van der Waals surface area contributed by atoms with E-state index in [2.05, 4.69) is 5.32 Å². The number of rotatable bonds is 3. The van der Waals surface area contributed by atoms with Gasteiger partial charge in [0.2, 0.25) is 5.91 Å². The summed E-state index contributed by atoms with van der Waals surface area (Å²) in [6.07, 6.45) is 0.432. The molecule has 0 aromatic heterocycles. The van der Waals surface area contributed by atoms with Crippen molar-refractivity contribution >= 4 is 11.9 Å². The molecule has 1 heterocycles. The van der Waals surface area contributed by atoms with Crippen LogP contribution < -0.4 is 5.32 Å². The minimum atomic E-state index is -0.442. The van der Waals surface area contributed by atoms with Gasteiger partial charge in [-0.05, 0) is 12.8 Å². The van der Waals surface area contributed by atoms with Crippen molar-refractivity contribution in [2.75, 3.05) is 6.61 Å². The average molecular weight is 199 g/mol. The Kier molecular flexibility index (Phi) is 3.49. The lowest BCUT2D eigenvalue weighted by molar-refractivity contribution is -0.147. The fourth-order valence-electron chi connectivity index (χ4n) is 1.76. The fraction of sp³-hybridized carbons (Fsp3) is 0.800. The molecule has 0 saturated carbocycles. The highest BCUT2D eigenvalue weighted by atomic mass is 16.5. The molecule has 1 rings (SSSR count). The second-order valence-electron chi connectivity index (χ2n) is 3.91. The van der Waals surface area contributed by atoms with Crippen LogP contribution >= 0.6 is 0 Å². The zero-order valence-corrected chi connectivity index (χ0v) is 8.87. The first-order valence-corrected chi connectivity index (χ1v) is 5.02. The van der Waals surface area contributed by atoms with Crippen LogP contribution in [-0.2, 0) is 14.3 Å². The standard InChI is InChI=1S/C10H17NO3/c1-4-14-10(13)9-7(6(2)3)5-8(12)11-9/h6-7,9H,4-5H2,1-3H3,(H,11,12). The van der Waals surface area contributed by atoms with Crippen molar-refractivity contribution in [1.29, 1.82) is 0 Å². The Balaban J connectivity index is 2.66. The van der Waals surface area contributed by atoms with E-state index in [-0.39, 0.29) is 17.8 Å². The number of carbonyl (C=O) groups is 2. The molecule has 1 N–H and O–H groups in total. The molecule has 0 spiro atoms. The van der Waals surface area contributed by atoms with Crippen molar-refractivity contribution in [1.82, 2.24) is 5.32 Å². The maximum Gasteiger partial charge on any atom is 0.328 e. The SMILES string of the molecule is CCOC(=O)C1NC(=O)CC1C(C)C. The summed E-state index contributed by atoms with van der Waals surface area (Å²) in [4.78, 5) is 22.6. The fourth-order valence-corrected chi connectivity index (χ4v) is 1.76. The van der Waals surface area contributed by atoms with Gasteiger partial charge in [-0.25, -0.2) is 4.79 Å². The van der Waals surface area contributed by atoms with Gasteiger partial charge in [0.05, 0.1) is 6.61 Å². The molecule has 2 unspecified atom stereocenters. The van der Waals surface area contributed by atoms with E-state index in [1.165, 1.54) is 0 Å². The topological polar surface area (TPSA) is 55.4 Å². The molecule has 4 heteroatoms. The molecule has 0 bridgehead atoms. The summed E-state index contributed by atoms with van der Waals surface area (Å²) in [6.45, 7) is 6.14. The van der Waals surface area contributed by atoms with Gasteiger partial charge in [-0.15, -0.1) is 0 Å². The molecule has 0 aromatic rings. The van der Waals surface area contributed by atoms with Gasteiger partial charge in [0.25, 0.3) is 0 Å². The number of esters is 1. The summed E-state index contributed by atoms with van der Waals surface area (Å²) in [6, 6.07) is -0.442. The van der Waals surface area contributed by atoms with Crippen LogP contribution in [0.1, 0.15) is 27.2 Å². The monoisotopic (exact) mass is 199 g/mol. The predicted octanol–water partition coefficient (Wildman–Crippen LogP) is 0.710. The Morgan fingerprint density at radius 2 is 2.29 bits per heavy atom. The van der Waals surface area contributed by atoms with Crippen molar-refractivity contribution < 1.29 is 14.3 Å². The first kappa shape index (κ1) is 11.0. The van der Waals surface area contributed by atoms with Gasteiger partial charge in [-0.2, -0.15) is 0 Å². The number of hydrogen-bond acceptors (Lipinski definition) is 3. The summed E-state index contributed by atoms with van der Waals surface area (Å²) in [5.74, 6) is 0.0173. The molecule has 2 atom stereocenters. The van der Waals surface area contributed by atoms with Gasteiger partial charge in [-0.3, -0.25) is 4.79 Å². The van der Waals surface area contributed by atoms with Crippen LogP contribution in [-0.4, -0.2) is 24.5 Å². The van der Waals surface area contributed by atoms with Crippen LogP contribution in [0.5, 0.6) is 0 Å². The van der Waals surface area contributed by atoms with E-state index in [0.29, 0.717) is 18.9 Å². The first-order valence-electron chi connectivity index (χ1n) is 5.02. The lowest BCUT2D eigenvalue weighted by Crippen LogP contribution is -2.39. The molecule has 4 nitrogen and oxygen atoms in total. The van der Waals surface area contributed by atoms with Gasteiger partial charge >= 0.3 is 5.97 Å². The molecule has 0 radical (unpaired) electrons. The average Bonchev–Trinajstić information content (AvgIpc) is 2.48. The second-order valence-corrected chi connectivity index (χ2v) is 3.91. The van der Waals surface area contributed by atoms with Gasteiger partial charge in [0, 0.05) is 12.3 Å². The molecule has 14 heavy (non-hydrogen) atoms. The summed E-state index contributed by atoms with van der Waals surface area (Å²) < 4.78 is 4.90. The smallest absolute Gasteiger partial charge is 0.328 e. The van der Waals surface area contributed by atoms with E-state index in [0.717, 1.165) is 0 Å². The van der Waals surface area contributed by atoms with Crippen LogP contribution in [0.15, 0.2) is 0 Å². The molecule has 1 aliphatic rings. The minimum absolute atomic E-state index is 0.0539. The number of carbonyl (C=O) groups excluding carboxylic acids is 2. The van der Waals surface area contributed by atoms with E-state index in [9.17, 15) is 9.59 Å². The summed E-state index contributed by atoms with van der Waals surface area (Å²) in [5.41, 5.74) is 0. The number of nitrogens with one attached hydrogen (secondary N) is 1. The summed E-state index contributed by atoms with van der Waals surface area (Å²) in [5, 5.41) is 2.66. The normalized spacial score (nSPS) is 26.4. The van der Waals surface area contributed by atoms with Crippen molar-refractivity contribution in [3.05, 3.63) is 0 Å². The zero-order valence-electron chi connectivity index (χ0n) is 8.87. The Bertz CT molecular complexity index is 238. The lowest BCUT2D eigenvalue weighted by Gasteiger charge is -2.19. The number of ether oxygens (including phenoxy) is 1. The van der Waals surface area contributed by atoms with Gasteiger partial charge in [0.1, 0.15) is 6.04 Å². The highest BCUT2D eigenvalue weighted by Gasteiger charge is 2.39. The maximum atomic E-state index is 11.5. The third-order valence-electron chi connectivity index (χ3n) is 2.56. The molecule has 80 valence electrons. The molecular weight excluding hydrogens is 182 g/mol. The Labute approximate surface area is 84.0 Å². The van der Waals surface area contributed by atoms with E-state index in [4.69, 9.17) is 4.74 Å². The highest BCUT2D eigenvalue weighted by Crippen LogP contribution is 2.25. The Morgan fingerprint density at radius 3 is 2.79 bits per heavy atom. The molecule has 1 aliphatic heterocycles. The van der Waals surface area contributed by atoms with E-state index >= 15 is 0 Å². The second kappa shape index (κ2) is 4.44. The van der Waals surface area contributed by atoms with Gasteiger partial charge < -0.3 is 10.1 Å². The maximum absolute atomic E-state index is 11.5.